The maximum atomic E-state index is 13.5. The van der Waals surface area contributed by atoms with Crippen LogP contribution in [0.2, 0.25) is 0 Å². The maximum absolute atomic E-state index is 13.5. The smallest absolute Gasteiger partial charge is 0.310 e. The van der Waals surface area contributed by atoms with E-state index >= 15 is 0 Å². The number of nitriles is 1. The summed E-state index contributed by atoms with van der Waals surface area (Å²) in [5, 5.41) is 9.26. The first-order valence-corrected chi connectivity index (χ1v) is 6.17. The Labute approximate surface area is 107 Å². The molecule has 17 heavy (non-hydrogen) atoms. The van der Waals surface area contributed by atoms with Gasteiger partial charge >= 0.3 is 5.97 Å². The van der Waals surface area contributed by atoms with Crippen molar-refractivity contribution >= 4 is 21.9 Å². The highest BCUT2D eigenvalue weighted by atomic mass is 79.9. The van der Waals surface area contributed by atoms with Crippen LogP contribution in [0.1, 0.15) is 23.6 Å². The van der Waals surface area contributed by atoms with Crippen molar-refractivity contribution in [3.05, 3.63) is 34.6 Å². The van der Waals surface area contributed by atoms with E-state index in [1.54, 1.807) is 6.92 Å². The number of rotatable bonds is 4. The van der Waals surface area contributed by atoms with Crippen molar-refractivity contribution in [3.8, 4) is 6.07 Å². The van der Waals surface area contributed by atoms with Crippen molar-refractivity contribution in [3.63, 3.8) is 0 Å². The molecule has 5 heteroatoms. The van der Waals surface area contributed by atoms with E-state index in [1.165, 1.54) is 12.1 Å². The maximum Gasteiger partial charge on any atom is 0.310 e. The van der Waals surface area contributed by atoms with Gasteiger partial charge in [-0.25, -0.2) is 4.39 Å². The Kier molecular flexibility index (Phi) is 5.11. The molecule has 0 aliphatic heterocycles. The highest BCUT2D eigenvalue weighted by molar-refractivity contribution is 9.08. The van der Waals surface area contributed by atoms with Crippen LogP contribution in [0.3, 0.4) is 0 Å². The lowest BCUT2D eigenvalue weighted by Crippen LogP contribution is -2.09. The molecule has 90 valence electrons. The number of carbonyl (C=O) groups is 1. The van der Waals surface area contributed by atoms with Crippen molar-refractivity contribution in [2.45, 2.75) is 18.7 Å². The predicted octanol–water partition coefficient (Wildman–Crippen LogP) is 2.70. The fraction of sp³-hybridized carbons (Fsp3) is 0.333. The minimum atomic E-state index is -0.463. The van der Waals surface area contributed by atoms with Gasteiger partial charge in [-0.3, -0.25) is 4.79 Å². The molecule has 0 aliphatic rings. The largest absolute Gasteiger partial charge is 0.466 e. The lowest BCUT2D eigenvalue weighted by molar-refractivity contribution is -0.142. The molecule has 0 bridgehead atoms. The quantitative estimate of drug-likeness (QED) is 0.634. The Hall–Kier alpha value is -1.41. The Morgan fingerprint density at radius 3 is 2.76 bits per heavy atom. The van der Waals surface area contributed by atoms with Crippen molar-refractivity contribution in [1.29, 1.82) is 5.26 Å². The molecular formula is C12H11BrFNO2. The molecule has 0 radical (unpaired) electrons. The Morgan fingerprint density at radius 2 is 2.24 bits per heavy atom. The standard InChI is InChI=1S/C12H11BrFNO2/c1-2-17-12(16)5-8-4-11(14)9(6-13)3-10(8)7-15/h3-4H,2,5-6H2,1H3. The molecule has 0 saturated carbocycles. The summed E-state index contributed by atoms with van der Waals surface area (Å²) in [5.74, 6) is -0.893. The second-order valence-corrected chi connectivity index (χ2v) is 3.89. The molecule has 1 aromatic rings. The Morgan fingerprint density at radius 1 is 1.53 bits per heavy atom. The van der Waals surface area contributed by atoms with Crippen LogP contribution in [0.15, 0.2) is 12.1 Å². The van der Waals surface area contributed by atoms with Gasteiger partial charge in [0.25, 0.3) is 0 Å². The van der Waals surface area contributed by atoms with Gasteiger partial charge in [0.2, 0.25) is 0 Å². The van der Waals surface area contributed by atoms with Crippen LogP contribution >= 0.6 is 15.9 Å². The SMILES string of the molecule is CCOC(=O)Cc1cc(F)c(CBr)cc1C#N. The number of esters is 1. The highest BCUT2D eigenvalue weighted by Crippen LogP contribution is 2.18. The molecule has 0 atom stereocenters. The molecule has 3 nitrogen and oxygen atoms in total. The fourth-order valence-electron chi connectivity index (χ4n) is 1.38. The van der Waals surface area contributed by atoms with Gasteiger partial charge in [0.1, 0.15) is 5.82 Å². The topological polar surface area (TPSA) is 50.1 Å². The fourth-order valence-corrected chi connectivity index (χ4v) is 1.81. The summed E-state index contributed by atoms with van der Waals surface area (Å²) in [6.45, 7) is 1.96. The lowest BCUT2D eigenvalue weighted by atomic mass is 10.0. The summed E-state index contributed by atoms with van der Waals surface area (Å²) in [7, 11) is 0. The minimum Gasteiger partial charge on any atom is -0.466 e. The summed E-state index contributed by atoms with van der Waals surface area (Å²) < 4.78 is 18.3. The molecule has 0 N–H and O–H groups in total. The third-order valence-electron chi connectivity index (χ3n) is 2.18. The normalized spacial score (nSPS) is 9.76. The molecule has 1 rings (SSSR count). The van der Waals surface area contributed by atoms with Gasteiger partial charge in [-0.2, -0.15) is 5.26 Å². The zero-order chi connectivity index (χ0) is 12.8. The number of hydrogen-bond donors (Lipinski definition) is 0. The minimum absolute atomic E-state index is 0.0871. The van der Waals surface area contributed by atoms with E-state index in [9.17, 15) is 9.18 Å². The molecular weight excluding hydrogens is 289 g/mol. The first kappa shape index (κ1) is 13.7. The summed E-state index contributed by atoms with van der Waals surface area (Å²) in [6, 6.07) is 4.61. The number of benzene rings is 1. The summed E-state index contributed by atoms with van der Waals surface area (Å²) >= 11 is 3.13. The molecule has 0 spiro atoms. The van der Waals surface area contributed by atoms with Crippen molar-refractivity contribution in [2.24, 2.45) is 0 Å². The van der Waals surface area contributed by atoms with Gasteiger partial charge in [-0.05, 0) is 30.2 Å². The third kappa shape index (κ3) is 3.53. The summed E-state index contributed by atoms with van der Waals surface area (Å²) in [5.41, 5.74) is 1.05. The van der Waals surface area contributed by atoms with Gasteiger partial charge in [-0.15, -0.1) is 0 Å². The first-order valence-electron chi connectivity index (χ1n) is 5.05. The van der Waals surface area contributed by atoms with Gasteiger partial charge in [-0.1, -0.05) is 15.9 Å². The Bertz CT molecular complexity index is 468. The van der Waals surface area contributed by atoms with Crippen LogP contribution in [-0.2, 0) is 21.3 Å². The molecule has 0 heterocycles. The third-order valence-corrected chi connectivity index (χ3v) is 2.78. The van der Waals surface area contributed by atoms with Crippen LogP contribution in [-0.4, -0.2) is 12.6 Å². The lowest BCUT2D eigenvalue weighted by Gasteiger charge is -2.07. The summed E-state index contributed by atoms with van der Waals surface area (Å²) in [4.78, 5) is 11.3. The van der Waals surface area contributed by atoms with Gasteiger partial charge < -0.3 is 4.74 Å². The van der Waals surface area contributed by atoms with E-state index < -0.39 is 11.8 Å². The molecule has 1 aromatic carbocycles. The second kappa shape index (κ2) is 6.36. The van der Waals surface area contributed by atoms with E-state index in [0.717, 1.165) is 0 Å². The van der Waals surface area contributed by atoms with E-state index in [2.05, 4.69) is 15.9 Å². The zero-order valence-electron chi connectivity index (χ0n) is 9.30. The number of alkyl halides is 1. The van der Waals surface area contributed by atoms with Crippen LogP contribution in [0.25, 0.3) is 0 Å². The number of carbonyl (C=O) groups excluding carboxylic acids is 1. The van der Waals surface area contributed by atoms with Crippen LogP contribution in [0.5, 0.6) is 0 Å². The van der Waals surface area contributed by atoms with Crippen LogP contribution < -0.4 is 0 Å². The predicted molar refractivity (Wildman–Crippen MR) is 64.1 cm³/mol. The van der Waals surface area contributed by atoms with Crippen molar-refractivity contribution < 1.29 is 13.9 Å². The van der Waals surface area contributed by atoms with E-state index in [1.807, 2.05) is 6.07 Å². The number of hydrogen-bond acceptors (Lipinski definition) is 3. The molecule has 0 unspecified atom stereocenters. The average molecular weight is 300 g/mol. The average Bonchev–Trinajstić information content (AvgIpc) is 2.29. The molecule has 0 saturated heterocycles. The second-order valence-electron chi connectivity index (χ2n) is 3.33. The molecule has 0 aliphatic carbocycles. The molecule has 0 amide bonds. The first-order chi connectivity index (χ1) is 8.12. The zero-order valence-corrected chi connectivity index (χ0v) is 10.9. The molecule has 0 aromatic heterocycles. The van der Waals surface area contributed by atoms with E-state index in [0.29, 0.717) is 22.0 Å². The van der Waals surface area contributed by atoms with E-state index in [4.69, 9.17) is 10.00 Å². The number of ether oxygens (including phenoxy) is 1. The Balaban J connectivity index is 3.03. The van der Waals surface area contributed by atoms with Crippen molar-refractivity contribution in [1.82, 2.24) is 0 Å². The van der Waals surface area contributed by atoms with E-state index in [-0.39, 0.29) is 13.0 Å². The van der Waals surface area contributed by atoms with Crippen LogP contribution in [0, 0.1) is 17.1 Å². The van der Waals surface area contributed by atoms with Gasteiger partial charge in [0.15, 0.2) is 0 Å². The van der Waals surface area contributed by atoms with Crippen LogP contribution in [0.4, 0.5) is 4.39 Å². The number of halogens is 2. The number of nitrogens with zero attached hydrogens (tertiary/aromatic N) is 1. The van der Waals surface area contributed by atoms with Gasteiger partial charge in [0.05, 0.1) is 24.7 Å². The summed E-state index contributed by atoms with van der Waals surface area (Å²) in [6.07, 6.45) is -0.0871. The monoisotopic (exact) mass is 299 g/mol. The molecule has 0 fully saturated rings. The van der Waals surface area contributed by atoms with Crippen molar-refractivity contribution in [2.75, 3.05) is 6.61 Å². The highest BCUT2D eigenvalue weighted by Gasteiger charge is 2.12. The van der Waals surface area contributed by atoms with Gasteiger partial charge in [0, 0.05) is 5.33 Å².